The number of imidazole rings is 1. The first-order valence-corrected chi connectivity index (χ1v) is 12.4. The third-order valence-corrected chi connectivity index (χ3v) is 7.55. The van der Waals surface area contributed by atoms with Gasteiger partial charge in [0.15, 0.2) is 0 Å². The number of aromatic nitrogens is 4. The molecule has 1 saturated heterocycles. The van der Waals surface area contributed by atoms with Crippen LogP contribution in [0.4, 0.5) is 10.1 Å². The van der Waals surface area contributed by atoms with Crippen molar-refractivity contribution in [3.05, 3.63) is 41.9 Å². The van der Waals surface area contributed by atoms with Crippen molar-refractivity contribution in [2.45, 2.75) is 63.8 Å². The SMILES string of the molecule is CC1c2c(-c3noc(C4CCCC4)n3)ncn2-c2ccc(F)cc2N1CC(=O)N1CCCCC1. The van der Waals surface area contributed by atoms with E-state index in [2.05, 4.69) is 10.1 Å². The molecule has 0 bridgehead atoms. The van der Waals surface area contributed by atoms with Crippen LogP contribution in [0.2, 0.25) is 0 Å². The summed E-state index contributed by atoms with van der Waals surface area (Å²) in [7, 11) is 0. The molecule has 3 aromatic rings. The van der Waals surface area contributed by atoms with Gasteiger partial charge in [-0.25, -0.2) is 9.37 Å². The van der Waals surface area contributed by atoms with Crippen LogP contribution in [0.25, 0.3) is 17.2 Å². The number of anilines is 1. The molecule has 34 heavy (non-hydrogen) atoms. The van der Waals surface area contributed by atoms with E-state index in [9.17, 15) is 9.18 Å². The van der Waals surface area contributed by atoms with Gasteiger partial charge in [-0.1, -0.05) is 18.0 Å². The minimum absolute atomic E-state index is 0.0688. The van der Waals surface area contributed by atoms with Crippen molar-refractivity contribution in [2.24, 2.45) is 0 Å². The first kappa shape index (κ1) is 21.3. The number of carbonyl (C=O) groups is 1. The molecule has 0 radical (unpaired) electrons. The van der Waals surface area contributed by atoms with Gasteiger partial charge in [-0.2, -0.15) is 4.98 Å². The van der Waals surface area contributed by atoms with Crippen LogP contribution in [0.3, 0.4) is 0 Å². The van der Waals surface area contributed by atoms with Crippen molar-refractivity contribution < 1.29 is 13.7 Å². The number of hydrogen-bond acceptors (Lipinski definition) is 6. The van der Waals surface area contributed by atoms with Crippen LogP contribution in [0.5, 0.6) is 0 Å². The van der Waals surface area contributed by atoms with E-state index in [0.29, 0.717) is 29.0 Å². The molecule has 178 valence electrons. The monoisotopic (exact) mass is 464 g/mol. The molecule has 9 heteroatoms. The minimum Gasteiger partial charge on any atom is -0.352 e. The normalized spacial score (nSPS) is 20.5. The standard InChI is InChI=1S/C25H29FN6O2/c1-16-23-22(24-28-25(34-29-24)17-7-3-4-8-17)27-15-32(23)19-10-9-18(26)13-20(19)31(16)14-21(33)30-11-5-2-6-12-30/h9-10,13,15-17H,2-8,11-12,14H2,1H3. The van der Waals surface area contributed by atoms with E-state index in [1.54, 1.807) is 12.4 Å². The van der Waals surface area contributed by atoms with Gasteiger partial charge < -0.3 is 14.3 Å². The third kappa shape index (κ3) is 3.58. The molecule has 1 amide bonds. The van der Waals surface area contributed by atoms with Crippen LogP contribution < -0.4 is 4.90 Å². The predicted octanol–water partition coefficient (Wildman–Crippen LogP) is 4.61. The average Bonchev–Trinajstić information content (AvgIpc) is 3.62. The molecule has 4 heterocycles. The fourth-order valence-electron chi connectivity index (χ4n) is 5.69. The number of fused-ring (bicyclic) bond motifs is 3. The summed E-state index contributed by atoms with van der Waals surface area (Å²) < 4.78 is 21.9. The summed E-state index contributed by atoms with van der Waals surface area (Å²) in [5.74, 6) is 1.20. The summed E-state index contributed by atoms with van der Waals surface area (Å²) in [6.45, 7) is 3.77. The minimum atomic E-state index is -0.329. The molecule has 3 aliphatic rings. The Labute approximate surface area is 197 Å². The summed E-state index contributed by atoms with van der Waals surface area (Å²) in [6.07, 6.45) is 9.48. The maximum Gasteiger partial charge on any atom is 0.242 e. The summed E-state index contributed by atoms with van der Waals surface area (Å²) in [6, 6.07) is 4.46. The average molecular weight is 465 g/mol. The Balaban J connectivity index is 1.38. The van der Waals surface area contributed by atoms with E-state index in [4.69, 9.17) is 9.51 Å². The Morgan fingerprint density at radius 1 is 1.12 bits per heavy atom. The van der Waals surface area contributed by atoms with Crippen LogP contribution in [0.1, 0.15) is 75.4 Å². The number of halogens is 1. The van der Waals surface area contributed by atoms with E-state index in [1.165, 1.54) is 25.0 Å². The van der Waals surface area contributed by atoms with E-state index in [1.807, 2.05) is 21.3 Å². The molecular weight excluding hydrogens is 435 g/mol. The zero-order chi connectivity index (χ0) is 23.2. The zero-order valence-electron chi connectivity index (χ0n) is 19.4. The van der Waals surface area contributed by atoms with Crippen molar-refractivity contribution in [3.63, 3.8) is 0 Å². The number of benzene rings is 1. The fraction of sp³-hybridized carbons (Fsp3) is 0.520. The highest BCUT2D eigenvalue weighted by atomic mass is 19.1. The highest BCUT2D eigenvalue weighted by molar-refractivity contribution is 5.84. The molecule has 8 nitrogen and oxygen atoms in total. The van der Waals surface area contributed by atoms with Gasteiger partial charge in [-0.15, -0.1) is 0 Å². The topological polar surface area (TPSA) is 80.3 Å². The molecule has 1 aromatic carbocycles. The van der Waals surface area contributed by atoms with Gasteiger partial charge in [0, 0.05) is 19.0 Å². The van der Waals surface area contributed by atoms with Crippen LogP contribution in [-0.4, -0.2) is 50.1 Å². The summed E-state index contributed by atoms with van der Waals surface area (Å²) in [5, 5.41) is 4.26. The molecule has 1 aliphatic carbocycles. The highest BCUT2D eigenvalue weighted by Crippen LogP contribution is 2.42. The van der Waals surface area contributed by atoms with Gasteiger partial charge in [-0.05, 0) is 57.2 Å². The second-order valence-electron chi connectivity index (χ2n) is 9.66. The van der Waals surface area contributed by atoms with E-state index < -0.39 is 0 Å². The van der Waals surface area contributed by atoms with Gasteiger partial charge in [0.1, 0.15) is 17.8 Å². The Kier molecular flexibility index (Phi) is 5.34. The largest absolute Gasteiger partial charge is 0.352 e. The Hall–Kier alpha value is -3.23. The van der Waals surface area contributed by atoms with Crippen LogP contribution >= 0.6 is 0 Å². The molecule has 2 fully saturated rings. The lowest BCUT2D eigenvalue weighted by molar-refractivity contribution is -0.130. The first-order valence-electron chi connectivity index (χ1n) is 12.4. The zero-order valence-corrected chi connectivity index (χ0v) is 19.4. The number of carbonyl (C=O) groups excluding carboxylic acids is 1. The molecule has 0 spiro atoms. The van der Waals surface area contributed by atoms with Gasteiger partial charge in [0.2, 0.25) is 17.6 Å². The third-order valence-electron chi connectivity index (χ3n) is 7.55. The van der Waals surface area contributed by atoms with Gasteiger partial charge in [0.05, 0.1) is 29.7 Å². The van der Waals surface area contributed by atoms with Crippen molar-refractivity contribution in [2.75, 3.05) is 24.5 Å². The van der Waals surface area contributed by atoms with Crippen LogP contribution in [0.15, 0.2) is 29.0 Å². The Bertz CT molecular complexity index is 1210. The Morgan fingerprint density at radius 3 is 2.71 bits per heavy atom. The van der Waals surface area contributed by atoms with Gasteiger partial charge in [0.25, 0.3) is 0 Å². The van der Waals surface area contributed by atoms with Crippen molar-refractivity contribution in [1.29, 1.82) is 0 Å². The van der Waals surface area contributed by atoms with Crippen molar-refractivity contribution in [3.8, 4) is 17.2 Å². The number of nitrogens with zero attached hydrogens (tertiary/aromatic N) is 6. The van der Waals surface area contributed by atoms with Gasteiger partial charge >= 0.3 is 0 Å². The summed E-state index contributed by atoms with van der Waals surface area (Å²) in [5.41, 5.74) is 3.00. The number of rotatable bonds is 4. The lowest BCUT2D eigenvalue weighted by atomic mass is 10.0. The predicted molar refractivity (Wildman–Crippen MR) is 124 cm³/mol. The lowest BCUT2D eigenvalue weighted by Gasteiger charge is -2.39. The quantitative estimate of drug-likeness (QED) is 0.561. The molecule has 1 unspecified atom stereocenters. The van der Waals surface area contributed by atoms with Crippen molar-refractivity contribution in [1.82, 2.24) is 24.6 Å². The van der Waals surface area contributed by atoms with E-state index in [0.717, 1.165) is 56.6 Å². The first-order chi connectivity index (χ1) is 16.6. The molecular formula is C25H29FN6O2. The lowest BCUT2D eigenvalue weighted by Crippen LogP contribution is -2.45. The van der Waals surface area contributed by atoms with Crippen LogP contribution in [0, 0.1) is 5.82 Å². The van der Waals surface area contributed by atoms with Crippen molar-refractivity contribution >= 4 is 11.6 Å². The van der Waals surface area contributed by atoms with Crippen LogP contribution in [-0.2, 0) is 4.79 Å². The molecule has 1 atom stereocenters. The second kappa shape index (κ2) is 8.52. The number of hydrogen-bond donors (Lipinski definition) is 0. The molecule has 0 N–H and O–H groups in total. The molecule has 2 aliphatic heterocycles. The maximum absolute atomic E-state index is 14.3. The molecule has 1 saturated carbocycles. The number of amides is 1. The fourth-order valence-corrected chi connectivity index (χ4v) is 5.69. The summed E-state index contributed by atoms with van der Waals surface area (Å²) in [4.78, 5) is 26.4. The highest BCUT2D eigenvalue weighted by Gasteiger charge is 2.35. The second-order valence-corrected chi connectivity index (χ2v) is 9.66. The molecule has 6 rings (SSSR count). The summed E-state index contributed by atoms with van der Waals surface area (Å²) >= 11 is 0. The molecule has 2 aromatic heterocycles. The van der Waals surface area contributed by atoms with E-state index in [-0.39, 0.29) is 24.3 Å². The number of likely N-dealkylation sites (tertiary alicyclic amines) is 1. The Morgan fingerprint density at radius 2 is 1.91 bits per heavy atom. The van der Waals surface area contributed by atoms with E-state index >= 15 is 0 Å². The smallest absolute Gasteiger partial charge is 0.242 e. The number of piperidine rings is 1. The van der Waals surface area contributed by atoms with Gasteiger partial charge in [-0.3, -0.25) is 9.36 Å². The maximum atomic E-state index is 14.3.